The van der Waals surface area contributed by atoms with Gasteiger partial charge in [-0.15, -0.1) is 0 Å². The molecule has 1 aliphatic rings. The van der Waals surface area contributed by atoms with E-state index in [1.165, 1.54) is 16.3 Å². The molecular weight excluding hydrogens is 296 g/mol. The van der Waals surface area contributed by atoms with Gasteiger partial charge < -0.3 is 4.90 Å². The van der Waals surface area contributed by atoms with E-state index in [1.807, 2.05) is 6.20 Å². The second kappa shape index (κ2) is 6.57. The number of aryl methyl sites for hydroxylation is 1. The van der Waals surface area contributed by atoms with Crippen molar-refractivity contribution < 1.29 is 0 Å². The zero-order chi connectivity index (χ0) is 16.4. The maximum atomic E-state index is 4.45. The van der Waals surface area contributed by atoms with Gasteiger partial charge in [-0.3, -0.25) is 4.90 Å². The minimum absolute atomic E-state index is 1.01. The Balaban J connectivity index is 1.46. The van der Waals surface area contributed by atoms with Crippen LogP contribution in [0.15, 0.2) is 55.0 Å². The van der Waals surface area contributed by atoms with E-state index < -0.39 is 0 Å². The Kier molecular flexibility index (Phi) is 4.13. The average molecular weight is 318 g/mol. The molecule has 0 atom stereocenters. The first-order valence-corrected chi connectivity index (χ1v) is 8.52. The van der Waals surface area contributed by atoms with Crippen LogP contribution in [0.4, 0.5) is 5.82 Å². The van der Waals surface area contributed by atoms with Crippen molar-refractivity contribution in [2.75, 3.05) is 31.1 Å². The molecule has 1 saturated heterocycles. The van der Waals surface area contributed by atoms with Gasteiger partial charge >= 0.3 is 0 Å². The molecule has 1 fully saturated rings. The molecule has 1 aromatic heterocycles. The molecule has 1 aliphatic heterocycles. The highest BCUT2D eigenvalue weighted by Gasteiger charge is 2.19. The van der Waals surface area contributed by atoms with Gasteiger partial charge in [0, 0.05) is 44.5 Å². The molecule has 0 N–H and O–H groups in total. The predicted octanol–water partition coefficient (Wildman–Crippen LogP) is 3.26. The van der Waals surface area contributed by atoms with Crippen LogP contribution in [0.3, 0.4) is 0 Å². The Morgan fingerprint density at radius 2 is 1.75 bits per heavy atom. The zero-order valence-corrected chi connectivity index (χ0v) is 14.0. The highest BCUT2D eigenvalue weighted by atomic mass is 15.3. The maximum absolute atomic E-state index is 4.45. The molecule has 0 aliphatic carbocycles. The molecule has 0 bridgehead atoms. The van der Waals surface area contributed by atoms with Crippen molar-refractivity contribution in [2.24, 2.45) is 0 Å². The van der Waals surface area contributed by atoms with Gasteiger partial charge in [-0.2, -0.15) is 0 Å². The van der Waals surface area contributed by atoms with Gasteiger partial charge in [-0.25, -0.2) is 9.97 Å². The summed E-state index contributed by atoms with van der Waals surface area (Å²) in [6, 6.07) is 15.3. The van der Waals surface area contributed by atoms with Crippen molar-refractivity contribution in [2.45, 2.75) is 13.5 Å². The van der Waals surface area contributed by atoms with E-state index in [-0.39, 0.29) is 0 Å². The third-order valence-electron chi connectivity index (χ3n) is 4.81. The molecule has 2 heterocycles. The fourth-order valence-electron chi connectivity index (χ4n) is 3.51. The number of fused-ring (bicyclic) bond motifs is 1. The average Bonchev–Trinajstić information content (AvgIpc) is 2.63. The third kappa shape index (κ3) is 2.97. The fraction of sp³-hybridized carbons (Fsp3) is 0.300. The van der Waals surface area contributed by atoms with E-state index in [0.717, 1.165) is 44.1 Å². The second-order valence-corrected chi connectivity index (χ2v) is 6.43. The maximum Gasteiger partial charge on any atom is 0.134 e. The Hall–Kier alpha value is -2.46. The van der Waals surface area contributed by atoms with Crippen LogP contribution in [-0.4, -0.2) is 41.0 Å². The minimum Gasteiger partial charge on any atom is -0.354 e. The molecule has 0 unspecified atom stereocenters. The lowest BCUT2D eigenvalue weighted by molar-refractivity contribution is 0.250. The van der Waals surface area contributed by atoms with Crippen LogP contribution in [0.25, 0.3) is 10.8 Å². The lowest BCUT2D eigenvalue weighted by atomic mass is 10.0. The first-order chi connectivity index (χ1) is 11.8. The van der Waals surface area contributed by atoms with Crippen LogP contribution in [0.2, 0.25) is 0 Å². The predicted molar refractivity (Wildman–Crippen MR) is 98.2 cm³/mol. The summed E-state index contributed by atoms with van der Waals surface area (Å²) in [6.45, 7) is 7.25. The Morgan fingerprint density at radius 1 is 0.958 bits per heavy atom. The number of piperazine rings is 1. The van der Waals surface area contributed by atoms with Crippen molar-refractivity contribution in [1.82, 2.24) is 14.9 Å². The molecule has 4 nitrogen and oxygen atoms in total. The summed E-state index contributed by atoms with van der Waals surface area (Å²) in [5, 5.41) is 2.69. The van der Waals surface area contributed by atoms with Crippen LogP contribution in [0, 0.1) is 6.92 Å². The molecule has 24 heavy (non-hydrogen) atoms. The largest absolute Gasteiger partial charge is 0.354 e. The van der Waals surface area contributed by atoms with Crippen LogP contribution in [0.5, 0.6) is 0 Å². The molecule has 0 radical (unpaired) electrons. The number of aromatic nitrogens is 2. The summed E-state index contributed by atoms with van der Waals surface area (Å²) in [6.07, 6.45) is 3.54. The molecule has 2 aromatic carbocycles. The number of anilines is 1. The molecule has 3 aromatic rings. The molecule has 0 saturated carbocycles. The van der Waals surface area contributed by atoms with Gasteiger partial charge in [0.2, 0.25) is 0 Å². The summed E-state index contributed by atoms with van der Waals surface area (Å²) < 4.78 is 0. The molecule has 122 valence electrons. The normalized spacial score (nSPS) is 15.8. The summed E-state index contributed by atoms with van der Waals surface area (Å²) >= 11 is 0. The lowest BCUT2D eigenvalue weighted by Crippen LogP contribution is -2.46. The lowest BCUT2D eigenvalue weighted by Gasteiger charge is -2.36. The Morgan fingerprint density at radius 3 is 2.58 bits per heavy atom. The molecule has 0 spiro atoms. The van der Waals surface area contributed by atoms with Gasteiger partial charge in [0.1, 0.15) is 12.1 Å². The number of benzene rings is 2. The van der Waals surface area contributed by atoms with E-state index in [4.69, 9.17) is 0 Å². The number of nitrogens with zero attached hydrogens (tertiary/aromatic N) is 4. The van der Waals surface area contributed by atoms with E-state index in [2.05, 4.69) is 69.2 Å². The highest BCUT2D eigenvalue weighted by Crippen LogP contribution is 2.22. The molecule has 4 heteroatoms. The van der Waals surface area contributed by atoms with E-state index >= 15 is 0 Å². The van der Waals surface area contributed by atoms with Crippen LogP contribution in [-0.2, 0) is 6.54 Å². The Labute approximate surface area is 142 Å². The minimum atomic E-state index is 1.01. The first kappa shape index (κ1) is 15.1. The van der Waals surface area contributed by atoms with Crippen molar-refractivity contribution in [3.8, 4) is 0 Å². The van der Waals surface area contributed by atoms with E-state index in [0.29, 0.717) is 0 Å². The molecule has 0 amide bonds. The highest BCUT2D eigenvalue weighted by molar-refractivity contribution is 5.85. The molecular formula is C20H22N4. The van der Waals surface area contributed by atoms with Gasteiger partial charge in [-0.1, -0.05) is 42.5 Å². The van der Waals surface area contributed by atoms with Gasteiger partial charge in [0.05, 0.1) is 0 Å². The van der Waals surface area contributed by atoms with Crippen LogP contribution >= 0.6 is 0 Å². The molecule has 4 rings (SSSR count). The zero-order valence-electron chi connectivity index (χ0n) is 14.0. The van der Waals surface area contributed by atoms with Crippen LogP contribution in [0.1, 0.15) is 11.1 Å². The van der Waals surface area contributed by atoms with E-state index in [9.17, 15) is 0 Å². The standard InChI is InChI=1S/C20H22N4/c1-16-13-21-15-22-20(16)24-11-9-23(10-12-24)14-18-7-4-6-17-5-2-3-8-19(17)18/h2-8,13,15H,9-12,14H2,1H3. The summed E-state index contributed by atoms with van der Waals surface area (Å²) in [5.74, 6) is 1.08. The van der Waals surface area contributed by atoms with Gasteiger partial charge in [0.25, 0.3) is 0 Å². The topological polar surface area (TPSA) is 32.3 Å². The van der Waals surface area contributed by atoms with Crippen molar-refractivity contribution in [3.63, 3.8) is 0 Å². The van der Waals surface area contributed by atoms with Crippen molar-refractivity contribution >= 4 is 16.6 Å². The van der Waals surface area contributed by atoms with Crippen molar-refractivity contribution in [3.05, 3.63) is 66.1 Å². The second-order valence-electron chi connectivity index (χ2n) is 6.43. The summed E-state index contributed by atoms with van der Waals surface area (Å²) in [5.41, 5.74) is 2.57. The fourth-order valence-corrected chi connectivity index (χ4v) is 3.51. The number of hydrogen-bond acceptors (Lipinski definition) is 4. The monoisotopic (exact) mass is 318 g/mol. The Bertz CT molecular complexity index is 832. The first-order valence-electron chi connectivity index (χ1n) is 8.52. The summed E-state index contributed by atoms with van der Waals surface area (Å²) in [4.78, 5) is 13.4. The van der Waals surface area contributed by atoms with E-state index in [1.54, 1.807) is 6.33 Å². The van der Waals surface area contributed by atoms with Crippen molar-refractivity contribution in [1.29, 1.82) is 0 Å². The SMILES string of the molecule is Cc1cncnc1N1CCN(Cc2cccc3ccccc23)CC1. The number of hydrogen-bond donors (Lipinski definition) is 0. The summed E-state index contributed by atoms with van der Waals surface area (Å²) in [7, 11) is 0. The number of rotatable bonds is 3. The smallest absolute Gasteiger partial charge is 0.134 e. The van der Waals surface area contributed by atoms with Gasteiger partial charge in [0.15, 0.2) is 0 Å². The quantitative estimate of drug-likeness (QED) is 0.742. The van der Waals surface area contributed by atoms with Crippen LogP contribution < -0.4 is 4.90 Å². The van der Waals surface area contributed by atoms with Gasteiger partial charge in [-0.05, 0) is 23.3 Å². The third-order valence-corrected chi connectivity index (χ3v) is 4.81.